The van der Waals surface area contributed by atoms with Crippen molar-refractivity contribution in [2.24, 2.45) is 0 Å². The Kier molecular flexibility index (Phi) is 1.44. The quantitative estimate of drug-likeness (QED) is 0.430. The second kappa shape index (κ2) is 1.49. The van der Waals surface area contributed by atoms with Gasteiger partial charge in [-0.2, -0.15) is 13.2 Å². The highest BCUT2D eigenvalue weighted by atomic mass is 19.4. The SMILES string of the molecule is C[C]C(F)(F)F. The monoisotopic (exact) mass is 96.0 g/mol. The van der Waals surface area contributed by atoms with E-state index in [9.17, 15) is 13.2 Å². The summed E-state index contributed by atoms with van der Waals surface area (Å²) < 4.78 is 32.0. The Morgan fingerprint density at radius 2 is 1.50 bits per heavy atom. The molecule has 0 fully saturated rings. The molecule has 0 aromatic heterocycles. The first-order chi connectivity index (χ1) is 2.56. The highest BCUT2D eigenvalue weighted by Crippen LogP contribution is 2.16. The Morgan fingerprint density at radius 1 is 1.33 bits per heavy atom. The molecule has 0 N–H and O–H groups in total. The van der Waals surface area contributed by atoms with Crippen molar-refractivity contribution in [2.45, 2.75) is 13.1 Å². The van der Waals surface area contributed by atoms with Crippen molar-refractivity contribution in [3.63, 3.8) is 0 Å². The minimum atomic E-state index is -4.21. The molecule has 0 spiro atoms. The van der Waals surface area contributed by atoms with Gasteiger partial charge >= 0.3 is 6.18 Å². The summed E-state index contributed by atoms with van der Waals surface area (Å²) in [6.45, 7) is 0.833. The molecule has 3 heteroatoms. The van der Waals surface area contributed by atoms with Crippen molar-refractivity contribution < 1.29 is 13.2 Å². The molecule has 0 atom stereocenters. The van der Waals surface area contributed by atoms with E-state index in [4.69, 9.17) is 0 Å². The summed E-state index contributed by atoms with van der Waals surface area (Å²) in [5, 5.41) is 0. The van der Waals surface area contributed by atoms with E-state index in [0.29, 0.717) is 0 Å². The fourth-order valence-electron chi connectivity index (χ4n) is 0. The van der Waals surface area contributed by atoms with E-state index >= 15 is 0 Å². The topological polar surface area (TPSA) is 0 Å². The fourth-order valence-corrected chi connectivity index (χ4v) is 0. The summed E-state index contributed by atoms with van der Waals surface area (Å²) in [5.74, 6) is 0. The molecule has 0 aliphatic carbocycles. The molecule has 0 saturated heterocycles. The summed E-state index contributed by atoms with van der Waals surface area (Å²) in [4.78, 5) is 0. The minimum Gasteiger partial charge on any atom is -0.170 e. The maximum absolute atomic E-state index is 10.7. The van der Waals surface area contributed by atoms with E-state index < -0.39 is 6.18 Å². The summed E-state index contributed by atoms with van der Waals surface area (Å²) in [6, 6.07) is 0. The molecule has 0 saturated carbocycles. The van der Waals surface area contributed by atoms with Gasteiger partial charge in [-0.05, 0) is 6.92 Å². The van der Waals surface area contributed by atoms with Crippen molar-refractivity contribution in [3.05, 3.63) is 6.42 Å². The van der Waals surface area contributed by atoms with Crippen LogP contribution < -0.4 is 0 Å². The number of alkyl halides is 3. The molecule has 0 amide bonds. The molecular weight excluding hydrogens is 93.0 g/mol. The first-order valence-corrected chi connectivity index (χ1v) is 1.32. The molecule has 0 aromatic carbocycles. The second-order valence-electron chi connectivity index (χ2n) is 0.748. The number of rotatable bonds is 0. The first kappa shape index (κ1) is 5.79. The Morgan fingerprint density at radius 3 is 1.50 bits per heavy atom. The van der Waals surface area contributed by atoms with Gasteiger partial charge in [0.25, 0.3) is 0 Å². The van der Waals surface area contributed by atoms with Crippen molar-refractivity contribution in [1.29, 1.82) is 0 Å². The standard InChI is InChI=1S/C3H3F3/c1-2-3(4,5)6/h1H3. The fraction of sp³-hybridized carbons (Fsp3) is 0.667. The molecule has 0 bridgehead atoms. The van der Waals surface area contributed by atoms with Crippen molar-refractivity contribution in [2.75, 3.05) is 0 Å². The number of hydrogen-bond acceptors (Lipinski definition) is 0. The number of hydrogen-bond donors (Lipinski definition) is 0. The van der Waals surface area contributed by atoms with Crippen LogP contribution in [0.3, 0.4) is 0 Å². The van der Waals surface area contributed by atoms with Gasteiger partial charge in [0, 0.05) is 0 Å². The van der Waals surface area contributed by atoms with E-state index in [2.05, 4.69) is 0 Å². The molecule has 36 valence electrons. The average Bonchev–Trinajstić information content (AvgIpc) is 1.35. The van der Waals surface area contributed by atoms with Crippen LogP contribution in [0.25, 0.3) is 0 Å². The third kappa shape index (κ3) is 3.79. The van der Waals surface area contributed by atoms with E-state index in [1.165, 1.54) is 0 Å². The second-order valence-corrected chi connectivity index (χ2v) is 0.748. The first-order valence-electron chi connectivity index (χ1n) is 1.32. The minimum absolute atomic E-state index is 0.833. The Bertz CT molecular complexity index is 35.8. The largest absolute Gasteiger partial charge is 0.396 e. The smallest absolute Gasteiger partial charge is 0.170 e. The zero-order chi connectivity index (χ0) is 5.21. The molecular formula is C3H3F3. The Balaban J connectivity index is 3.17. The lowest BCUT2D eigenvalue weighted by Gasteiger charge is -1.95. The molecule has 0 heterocycles. The highest BCUT2D eigenvalue weighted by Gasteiger charge is 2.23. The third-order valence-electron chi connectivity index (χ3n) is 0.283. The third-order valence-corrected chi connectivity index (χ3v) is 0.283. The predicted molar refractivity (Wildman–Crippen MR) is 15.0 cm³/mol. The van der Waals surface area contributed by atoms with Crippen molar-refractivity contribution in [3.8, 4) is 0 Å². The van der Waals surface area contributed by atoms with Gasteiger partial charge < -0.3 is 0 Å². The lowest BCUT2D eigenvalue weighted by Crippen LogP contribution is -2.03. The van der Waals surface area contributed by atoms with Crippen molar-refractivity contribution in [1.82, 2.24) is 0 Å². The molecule has 6 heavy (non-hydrogen) atoms. The molecule has 0 unspecified atom stereocenters. The van der Waals surface area contributed by atoms with Crippen LogP contribution in [0, 0.1) is 6.42 Å². The van der Waals surface area contributed by atoms with Gasteiger partial charge in [0.15, 0.2) is 0 Å². The van der Waals surface area contributed by atoms with Gasteiger partial charge in [0.05, 0.1) is 6.42 Å². The van der Waals surface area contributed by atoms with Crippen LogP contribution in [0.5, 0.6) is 0 Å². The predicted octanol–water partition coefficient (Wildman–Crippen LogP) is 1.65. The van der Waals surface area contributed by atoms with Crippen LogP contribution in [0.2, 0.25) is 0 Å². The van der Waals surface area contributed by atoms with Crippen LogP contribution in [0.1, 0.15) is 6.92 Å². The van der Waals surface area contributed by atoms with E-state index in [0.717, 1.165) is 13.3 Å². The lowest BCUT2D eigenvalue weighted by molar-refractivity contribution is -0.0953. The molecule has 0 rings (SSSR count). The van der Waals surface area contributed by atoms with Gasteiger partial charge in [-0.1, -0.05) is 0 Å². The van der Waals surface area contributed by atoms with Crippen LogP contribution in [0.4, 0.5) is 13.2 Å². The van der Waals surface area contributed by atoms with Crippen LogP contribution in [0.15, 0.2) is 0 Å². The Labute approximate surface area is 34.0 Å². The summed E-state index contributed by atoms with van der Waals surface area (Å²) >= 11 is 0. The molecule has 0 aliphatic rings. The summed E-state index contributed by atoms with van der Waals surface area (Å²) in [6.07, 6.45) is -3.10. The summed E-state index contributed by atoms with van der Waals surface area (Å²) in [5.41, 5.74) is 0. The van der Waals surface area contributed by atoms with Gasteiger partial charge in [0.2, 0.25) is 0 Å². The van der Waals surface area contributed by atoms with Crippen LogP contribution in [-0.4, -0.2) is 6.18 Å². The molecule has 0 nitrogen and oxygen atoms in total. The van der Waals surface area contributed by atoms with E-state index in [1.54, 1.807) is 0 Å². The average molecular weight is 96.1 g/mol. The van der Waals surface area contributed by atoms with Gasteiger partial charge in [-0.3, -0.25) is 0 Å². The van der Waals surface area contributed by atoms with Gasteiger partial charge in [0.1, 0.15) is 0 Å². The van der Waals surface area contributed by atoms with Crippen LogP contribution >= 0.6 is 0 Å². The van der Waals surface area contributed by atoms with Gasteiger partial charge in [-0.25, -0.2) is 0 Å². The summed E-state index contributed by atoms with van der Waals surface area (Å²) in [7, 11) is 0. The zero-order valence-corrected chi connectivity index (χ0v) is 3.13. The van der Waals surface area contributed by atoms with Crippen molar-refractivity contribution >= 4 is 0 Å². The van der Waals surface area contributed by atoms with Crippen LogP contribution in [-0.2, 0) is 0 Å². The molecule has 2 radical (unpaired) electrons. The maximum atomic E-state index is 10.7. The zero-order valence-electron chi connectivity index (χ0n) is 3.13. The molecule has 0 aromatic rings. The normalized spacial score (nSPS) is 12.0. The van der Waals surface area contributed by atoms with E-state index in [1.807, 2.05) is 0 Å². The lowest BCUT2D eigenvalue weighted by atomic mass is 10.5. The highest BCUT2D eigenvalue weighted by molar-refractivity contribution is 4.65. The van der Waals surface area contributed by atoms with Gasteiger partial charge in [-0.15, -0.1) is 0 Å². The number of halogens is 3. The molecule has 0 aliphatic heterocycles. The maximum Gasteiger partial charge on any atom is 0.396 e. The van der Waals surface area contributed by atoms with E-state index in [-0.39, 0.29) is 0 Å². The Hall–Kier alpha value is -0.210.